The molecule has 1 amide bonds. The van der Waals surface area contributed by atoms with E-state index in [-0.39, 0.29) is 8.10 Å². The van der Waals surface area contributed by atoms with Gasteiger partial charge in [0.1, 0.15) is 11.6 Å². The van der Waals surface area contributed by atoms with Gasteiger partial charge >= 0.3 is 0 Å². The maximum atomic E-state index is 10.6. The van der Waals surface area contributed by atoms with Crippen LogP contribution in [0.4, 0.5) is 10.2 Å². The van der Waals surface area contributed by atoms with E-state index in [2.05, 4.69) is 21.8 Å². The number of anilines is 1. The summed E-state index contributed by atoms with van der Waals surface area (Å²) in [5.74, 6) is 1.37. The number of aryl methyl sites for hydroxylation is 2. The van der Waals surface area contributed by atoms with E-state index in [1.54, 1.807) is 13.3 Å². The van der Waals surface area contributed by atoms with Crippen molar-refractivity contribution in [3.8, 4) is 17.0 Å². The van der Waals surface area contributed by atoms with Gasteiger partial charge in [0, 0.05) is 19.4 Å². The number of nitrogens with zero attached hydrogens (tertiary/aromatic N) is 2. The molecule has 1 N–H and O–H groups in total. The van der Waals surface area contributed by atoms with E-state index in [1.165, 1.54) is 6.92 Å². The number of methoxy groups -OCH3 is 1. The number of carbonyl (C=O) groups excluding carboxylic acids is 1. The van der Waals surface area contributed by atoms with Crippen LogP contribution in [0.2, 0.25) is 0 Å². The maximum absolute atomic E-state index is 10.6. The number of aromatic nitrogens is 2. The number of carbonyl (C=O) groups is 1. The van der Waals surface area contributed by atoms with Crippen LogP contribution in [0.5, 0.6) is 5.75 Å². The van der Waals surface area contributed by atoms with Crippen LogP contribution in [0.15, 0.2) is 36.5 Å². The molecule has 3 aromatic rings. The van der Waals surface area contributed by atoms with Crippen molar-refractivity contribution >= 4 is 23.1 Å². The van der Waals surface area contributed by atoms with Gasteiger partial charge in [-0.15, -0.1) is 0 Å². The molecule has 0 radical (unpaired) electrons. The number of hydrogen-bond acceptors (Lipinski definition) is 3. The van der Waals surface area contributed by atoms with Crippen molar-refractivity contribution in [2.24, 2.45) is 7.05 Å². The number of alkyl halides is 1. The molecule has 0 bridgehead atoms. The van der Waals surface area contributed by atoms with Gasteiger partial charge in [-0.05, 0) is 37.6 Å². The van der Waals surface area contributed by atoms with Gasteiger partial charge in [0.15, 0.2) is 0 Å². The van der Waals surface area contributed by atoms with Crippen LogP contribution in [-0.4, -0.2) is 29.7 Å². The van der Waals surface area contributed by atoms with Gasteiger partial charge in [-0.1, -0.05) is 12.1 Å². The first-order valence-electron chi connectivity index (χ1n) is 7.93. The summed E-state index contributed by atoms with van der Waals surface area (Å²) in [6.07, 6.45) is 2.40. The molecule has 2 aromatic heterocycles. The molecular formula is C19H24FN3O2. The Labute approximate surface area is 147 Å². The maximum Gasteiger partial charge on any atom is 0.212 e. The number of amides is 1. The number of pyridine rings is 1. The molecule has 3 rings (SSSR count). The molecule has 0 saturated heterocycles. The van der Waals surface area contributed by atoms with Gasteiger partial charge in [-0.3, -0.25) is 9.18 Å². The highest BCUT2D eigenvalue weighted by molar-refractivity contribution is 5.94. The lowest BCUT2D eigenvalue weighted by Gasteiger charge is -2.10. The lowest BCUT2D eigenvalue weighted by Crippen LogP contribution is -1.97. The number of fused-ring (bicyclic) bond motifs is 1. The Balaban J connectivity index is 0.000000791. The molecule has 0 unspecified atom stereocenters. The first-order chi connectivity index (χ1) is 12.1. The average Bonchev–Trinajstić information content (AvgIpc) is 2.86. The lowest BCUT2D eigenvalue weighted by atomic mass is 10.1. The number of rotatable bonds is 4. The molecule has 0 atom stereocenters. The third kappa shape index (κ3) is 3.63. The smallest absolute Gasteiger partial charge is 0.212 e. The van der Waals surface area contributed by atoms with Crippen molar-refractivity contribution in [1.82, 2.24) is 9.55 Å². The highest BCUT2D eigenvalue weighted by Crippen LogP contribution is 2.37. The van der Waals surface area contributed by atoms with E-state index in [4.69, 9.17) is 4.74 Å². The first kappa shape index (κ1) is 18.4. The number of ether oxygens (including phenoxy) is 1. The third-order valence-electron chi connectivity index (χ3n) is 3.91. The highest BCUT2D eigenvalue weighted by atomic mass is 19.1. The Hall–Kier alpha value is -2.89. The van der Waals surface area contributed by atoms with Gasteiger partial charge in [0.05, 0.1) is 31.2 Å². The van der Waals surface area contributed by atoms with E-state index in [1.807, 2.05) is 37.4 Å². The molecule has 0 aliphatic heterocycles. The number of nitrogens with one attached hydrogen (secondary N) is 1. The standard InChI is InChI=1S/C17H17N3O2.C2H5F.H2/c1-11-13-8-16(19-10-21)18-9-14(13)20(2)17(11)12-6-4-5-7-15(12)22-3;1-2-3;/h4-10H,1-3H3,(H,18,19,21);2H2,1H3;1H. The highest BCUT2D eigenvalue weighted by Gasteiger charge is 2.17. The molecule has 0 aliphatic carbocycles. The van der Waals surface area contributed by atoms with E-state index >= 15 is 0 Å². The van der Waals surface area contributed by atoms with Crippen molar-refractivity contribution in [1.29, 1.82) is 0 Å². The second-order valence-corrected chi connectivity index (χ2v) is 5.35. The Morgan fingerprint density at radius 3 is 2.72 bits per heavy atom. The minimum Gasteiger partial charge on any atom is -0.496 e. The summed E-state index contributed by atoms with van der Waals surface area (Å²) in [4.78, 5) is 14.9. The quantitative estimate of drug-likeness (QED) is 0.715. The fourth-order valence-corrected chi connectivity index (χ4v) is 2.88. The summed E-state index contributed by atoms with van der Waals surface area (Å²) in [5.41, 5.74) is 4.25. The molecule has 1 aromatic carbocycles. The summed E-state index contributed by atoms with van der Waals surface area (Å²) >= 11 is 0. The Bertz CT molecular complexity index is 881. The van der Waals surface area contributed by atoms with Crippen LogP contribution >= 0.6 is 0 Å². The molecule has 5 nitrogen and oxygen atoms in total. The fraction of sp³-hybridized carbons (Fsp3) is 0.263. The van der Waals surface area contributed by atoms with Crippen LogP contribution in [0.25, 0.3) is 22.2 Å². The van der Waals surface area contributed by atoms with Gasteiger partial charge in [-0.25, -0.2) is 4.98 Å². The van der Waals surface area contributed by atoms with Crippen molar-refractivity contribution in [3.63, 3.8) is 0 Å². The largest absolute Gasteiger partial charge is 0.496 e. The van der Waals surface area contributed by atoms with Crippen LogP contribution in [0, 0.1) is 6.92 Å². The monoisotopic (exact) mass is 345 g/mol. The fourth-order valence-electron chi connectivity index (χ4n) is 2.88. The minimum atomic E-state index is -0.250. The lowest BCUT2D eigenvalue weighted by molar-refractivity contribution is -0.105. The van der Waals surface area contributed by atoms with Crippen LogP contribution in [-0.2, 0) is 11.8 Å². The summed E-state index contributed by atoms with van der Waals surface area (Å²) in [5, 5.41) is 3.65. The van der Waals surface area contributed by atoms with Crippen molar-refractivity contribution in [2.45, 2.75) is 13.8 Å². The third-order valence-corrected chi connectivity index (χ3v) is 3.91. The summed E-state index contributed by atoms with van der Waals surface area (Å²) in [6, 6.07) is 9.82. The minimum absolute atomic E-state index is 0. The summed E-state index contributed by atoms with van der Waals surface area (Å²) in [7, 11) is 3.68. The van der Waals surface area contributed by atoms with Gasteiger partial charge < -0.3 is 14.6 Å². The van der Waals surface area contributed by atoms with Crippen molar-refractivity contribution in [2.75, 3.05) is 19.1 Å². The Morgan fingerprint density at radius 2 is 2.08 bits per heavy atom. The average molecular weight is 345 g/mol. The summed E-state index contributed by atoms with van der Waals surface area (Å²) < 4.78 is 17.9. The van der Waals surface area contributed by atoms with Gasteiger partial charge in [0.25, 0.3) is 0 Å². The predicted molar refractivity (Wildman–Crippen MR) is 101 cm³/mol. The van der Waals surface area contributed by atoms with Crippen molar-refractivity contribution in [3.05, 3.63) is 42.1 Å². The number of halogens is 1. The second kappa shape index (κ2) is 8.28. The van der Waals surface area contributed by atoms with Gasteiger partial charge in [-0.2, -0.15) is 0 Å². The predicted octanol–water partition coefficient (Wildman–Crippen LogP) is 4.35. The van der Waals surface area contributed by atoms with E-state index < -0.39 is 0 Å². The normalized spacial score (nSPS) is 10.1. The SMILES string of the molecule is CCF.COc1ccccc1-c1c(C)c2cc(NC=O)ncc2n1C.[HH]. The topological polar surface area (TPSA) is 56.1 Å². The molecular weight excluding hydrogens is 321 g/mol. The second-order valence-electron chi connectivity index (χ2n) is 5.35. The zero-order valence-electron chi connectivity index (χ0n) is 14.8. The van der Waals surface area contributed by atoms with E-state index in [0.29, 0.717) is 12.2 Å². The Morgan fingerprint density at radius 1 is 1.40 bits per heavy atom. The molecule has 0 spiro atoms. The molecule has 6 heteroatoms. The molecule has 2 heterocycles. The molecule has 134 valence electrons. The number of para-hydroxylation sites is 1. The van der Waals surface area contributed by atoms with Crippen molar-refractivity contribution < 1.29 is 15.3 Å². The number of benzene rings is 1. The first-order valence-corrected chi connectivity index (χ1v) is 7.93. The van der Waals surface area contributed by atoms with E-state index in [9.17, 15) is 9.18 Å². The zero-order valence-corrected chi connectivity index (χ0v) is 14.8. The number of hydrogen-bond donors (Lipinski definition) is 1. The zero-order chi connectivity index (χ0) is 18.4. The molecule has 0 aliphatic rings. The molecule has 0 fully saturated rings. The Kier molecular flexibility index (Phi) is 6.11. The van der Waals surface area contributed by atoms with Crippen LogP contribution in [0.1, 0.15) is 13.9 Å². The van der Waals surface area contributed by atoms with Gasteiger partial charge in [0.2, 0.25) is 6.41 Å². The molecule has 0 saturated carbocycles. The van der Waals surface area contributed by atoms with E-state index in [0.717, 1.165) is 33.5 Å². The van der Waals surface area contributed by atoms with Crippen LogP contribution < -0.4 is 10.1 Å². The van der Waals surface area contributed by atoms with Crippen LogP contribution in [0.3, 0.4) is 0 Å². The summed E-state index contributed by atoms with van der Waals surface area (Å²) in [6.45, 7) is 3.27. The molecule has 25 heavy (non-hydrogen) atoms.